The SMILES string of the molecule is O[C@@H]1CCCC2(C1)OCCO2. The van der Waals surface area contributed by atoms with Crippen LogP contribution >= 0.6 is 0 Å². The Bertz CT molecular complexity index is 140. The smallest absolute Gasteiger partial charge is 0.170 e. The summed E-state index contributed by atoms with van der Waals surface area (Å²) in [6.07, 6.45) is 3.30. The van der Waals surface area contributed by atoms with Gasteiger partial charge in [-0.25, -0.2) is 0 Å². The second-order valence-corrected chi connectivity index (χ2v) is 3.36. The number of aliphatic hydroxyl groups is 1. The van der Waals surface area contributed by atoms with Crippen LogP contribution in [0.15, 0.2) is 0 Å². The van der Waals surface area contributed by atoms with Gasteiger partial charge in [0.15, 0.2) is 5.79 Å². The highest BCUT2D eigenvalue weighted by molar-refractivity contribution is 4.82. The van der Waals surface area contributed by atoms with Crippen molar-refractivity contribution < 1.29 is 14.6 Å². The zero-order valence-electron chi connectivity index (χ0n) is 6.58. The Morgan fingerprint density at radius 2 is 2.00 bits per heavy atom. The van der Waals surface area contributed by atoms with Gasteiger partial charge in [0.1, 0.15) is 0 Å². The Morgan fingerprint density at radius 1 is 1.27 bits per heavy atom. The first kappa shape index (κ1) is 7.53. The van der Waals surface area contributed by atoms with Crippen LogP contribution in [0.3, 0.4) is 0 Å². The largest absolute Gasteiger partial charge is 0.393 e. The molecule has 1 N–H and O–H groups in total. The molecule has 1 aliphatic heterocycles. The van der Waals surface area contributed by atoms with Crippen LogP contribution in [0.2, 0.25) is 0 Å². The van der Waals surface area contributed by atoms with Crippen molar-refractivity contribution in [1.29, 1.82) is 0 Å². The van der Waals surface area contributed by atoms with E-state index < -0.39 is 5.79 Å². The van der Waals surface area contributed by atoms with E-state index in [2.05, 4.69) is 0 Å². The minimum absolute atomic E-state index is 0.221. The summed E-state index contributed by atoms with van der Waals surface area (Å²) >= 11 is 0. The van der Waals surface area contributed by atoms with Crippen molar-refractivity contribution in [3.8, 4) is 0 Å². The molecular formula is C8H14O3. The summed E-state index contributed by atoms with van der Waals surface area (Å²) < 4.78 is 10.9. The summed E-state index contributed by atoms with van der Waals surface area (Å²) in [5.41, 5.74) is 0. The average Bonchev–Trinajstić information content (AvgIpc) is 2.37. The Morgan fingerprint density at radius 3 is 2.64 bits per heavy atom. The molecule has 0 aromatic carbocycles. The third kappa shape index (κ3) is 1.41. The lowest BCUT2D eigenvalue weighted by Gasteiger charge is -2.33. The number of ether oxygens (including phenoxy) is 2. The lowest BCUT2D eigenvalue weighted by molar-refractivity contribution is -0.195. The van der Waals surface area contributed by atoms with E-state index in [-0.39, 0.29) is 6.10 Å². The van der Waals surface area contributed by atoms with Crippen molar-refractivity contribution in [3.63, 3.8) is 0 Å². The molecule has 0 aromatic heterocycles. The van der Waals surface area contributed by atoms with Gasteiger partial charge in [0.2, 0.25) is 0 Å². The van der Waals surface area contributed by atoms with E-state index in [1.165, 1.54) is 0 Å². The summed E-state index contributed by atoms with van der Waals surface area (Å²) in [7, 11) is 0. The zero-order valence-corrected chi connectivity index (χ0v) is 6.58. The van der Waals surface area contributed by atoms with Gasteiger partial charge in [-0.05, 0) is 12.8 Å². The van der Waals surface area contributed by atoms with Crippen LogP contribution in [-0.2, 0) is 9.47 Å². The van der Waals surface area contributed by atoms with Crippen LogP contribution in [0.1, 0.15) is 25.7 Å². The number of rotatable bonds is 0. The molecule has 2 rings (SSSR count). The van der Waals surface area contributed by atoms with Crippen LogP contribution in [0, 0.1) is 0 Å². The molecule has 1 aliphatic carbocycles. The van der Waals surface area contributed by atoms with E-state index in [0.29, 0.717) is 19.6 Å². The van der Waals surface area contributed by atoms with Crippen LogP contribution in [0.5, 0.6) is 0 Å². The van der Waals surface area contributed by atoms with E-state index in [0.717, 1.165) is 19.3 Å². The van der Waals surface area contributed by atoms with Gasteiger partial charge in [0, 0.05) is 12.8 Å². The van der Waals surface area contributed by atoms with Gasteiger partial charge < -0.3 is 14.6 Å². The van der Waals surface area contributed by atoms with E-state index in [1.807, 2.05) is 0 Å². The lowest BCUT2D eigenvalue weighted by atomic mass is 9.92. The number of hydrogen-bond acceptors (Lipinski definition) is 3. The number of hydrogen-bond donors (Lipinski definition) is 1. The van der Waals surface area contributed by atoms with Crippen LogP contribution < -0.4 is 0 Å². The molecule has 3 heteroatoms. The minimum Gasteiger partial charge on any atom is -0.393 e. The monoisotopic (exact) mass is 158 g/mol. The molecule has 0 bridgehead atoms. The Hall–Kier alpha value is -0.120. The quantitative estimate of drug-likeness (QED) is 0.563. The van der Waals surface area contributed by atoms with Crippen molar-refractivity contribution in [2.75, 3.05) is 13.2 Å². The normalized spacial score (nSPS) is 36.3. The summed E-state index contributed by atoms with van der Waals surface area (Å²) in [5.74, 6) is -0.405. The van der Waals surface area contributed by atoms with Crippen molar-refractivity contribution >= 4 is 0 Å². The van der Waals surface area contributed by atoms with E-state index in [1.54, 1.807) is 0 Å². The predicted octanol–water partition coefficient (Wildman–Crippen LogP) is 0.664. The van der Waals surface area contributed by atoms with Crippen molar-refractivity contribution in [1.82, 2.24) is 0 Å². The highest BCUT2D eigenvalue weighted by Gasteiger charge is 2.40. The molecule has 0 aromatic rings. The van der Waals surface area contributed by atoms with Crippen molar-refractivity contribution in [2.45, 2.75) is 37.6 Å². The van der Waals surface area contributed by atoms with Gasteiger partial charge in [-0.2, -0.15) is 0 Å². The molecule has 1 saturated carbocycles. The fraction of sp³-hybridized carbons (Fsp3) is 1.00. The van der Waals surface area contributed by atoms with Crippen molar-refractivity contribution in [3.05, 3.63) is 0 Å². The second kappa shape index (κ2) is 2.73. The Balaban J connectivity index is 2.00. The molecule has 11 heavy (non-hydrogen) atoms. The van der Waals surface area contributed by atoms with E-state index in [9.17, 15) is 5.11 Å². The summed E-state index contributed by atoms with van der Waals surface area (Å²) in [6, 6.07) is 0. The topological polar surface area (TPSA) is 38.7 Å². The van der Waals surface area contributed by atoms with E-state index >= 15 is 0 Å². The lowest BCUT2D eigenvalue weighted by Crippen LogP contribution is -2.38. The Labute approximate surface area is 66.3 Å². The maximum Gasteiger partial charge on any atom is 0.170 e. The van der Waals surface area contributed by atoms with E-state index in [4.69, 9.17) is 9.47 Å². The third-order valence-corrected chi connectivity index (χ3v) is 2.46. The molecular weight excluding hydrogens is 144 g/mol. The summed E-state index contributed by atoms with van der Waals surface area (Å²) in [4.78, 5) is 0. The molecule has 2 aliphatic rings. The molecule has 0 amide bonds. The van der Waals surface area contributed by atoms with Gasteiger partial charge >= 0.3 is 0 Å². The van der Waals surface area contributed by atoms with Gasteiger partial charge in [-0.3, -0.25) is 0 Å². The molecule has 2 fully saturated rings. The van der Waals surface area contributed by atoms with Gasteiger partial charge in [-0.1, -0.05) is 0 Å². The first-order valence-corrected chi connectivity index (χ1v) is 4.27. The maximum absolute atomic E-state index is 9.37. The van der Waals surface area contributed by atoms with Crippen LogP contribution in [0.4, 0.5) is 0 Å². The first-order chi connectivity index (χ1) is 5.31. The first-order valence-electron chi connectivity index (χ1n) is 4.27. The molecule has 1 atom stereocenters. The van der Waals surface area contributed by atoms with Crippen LogP contribution in [-0.4, -0.2) is 30.2 Å². The summed E-state index contributed by atoms with van der Waals surface area (Å²) in [6.45, 7) is 1.37. The molecule has 64 valence electrons. The molecule has 3 nitrogen and oxygen atoms in total. The molecule has 1 heterocycles. The fourth-order valence-corrected chi connectivity index (χ4v) is 1.93. The van der Waals surface area contributed by atoms with Gasteiger partial charge in [-0.15, -0.1) is 0 Å². The summed E-state index contributed by atoms with van der Waals surface area (Å²) in [5, 5.41) is 9.37. The highest BCUT2D eigenvalue weighted by Crippen LogP contribution is 2.35. The highest BCUT2D eigenvalue weighted by atomic mass is 16.7. The van der Waals surface area contributed by atoms with Crippen LogP contribution in [0.25, 0.3) is 0 Å². The fourth-order valence-electron chi connectivity index (χ4n) is 1.93. The molecule has 0 radical (unpaired) electrons. The molecule has 0 unspecified atom stereocenters. The second-order valence-electron chi connectivity index (χ2n) is 3.36. The number of aliphatic hydroxyl groups excluding tert-OH is 1. The predicted molar refractivity (Wildman–Crippen MR) is 39.1 cm³/mol. The maximum atomic E-state index is 9.37. The van der Waals surface area contributed by atoms with Gasteiger partial charge in [0.25, 0.3) is 0 Å². The molecule has 1 saturated heterocycles. The molecule has 1 spiro atoms. The Kier molecular flexibility index (Phi) is 1.87. The zero-order chi connectivity index (χ0) is 7.73. The average molecular weight is 158 g/mol. The third-order valence-electron chi connectivity index (χ3n) is 2.46. The minimum atomic E-state index is -0.405. The van der Waals surface area contributed by atoms with Gasteiger partial charge in [0.05, 0.1) is 19.3 Å². The standard InChI is InChI=1S/C8H14O3/c9-7-2-1-3-8(6-7)10-4-5-11-8/h7,9H,1-6H2/t7-/m1/s1. The van der Waals surface area contributed by atoms with Crippen molar-refractivity contribution in [2.24, 2.45) is 0 Å².